The molecule has 2 fully saturated rings. The molecule has 24 heavy (non-hydrogen) atoms. The molecule has 0 spiro atoms. The van der Waals surface area contributed by atoms with Gasteiger partial charge in [0, 0.05) is 17.3 Å². The van der Waals surface area contributed by atoms with E-state index in [2.05, 4.69) is 10.6 Å². The van der Waals surface area contributed by atoms with Gasteiger partial charge in [-0.1, -0.05) is 0 Å². The molecule has 0 bridgehead atoms. The minimum absolute atomic E-state index is 0.102. The lowest BCUT2D eigenvalue weighted by Gasteiger charge is -2.24. The van der Waals surface area contributed by atoms with Crippen molar-refractivity contribution in [3.05, 3.63) is 16.3 Å². The summed E-state index contributed by atoms with van der Waals surface area (Å²) >= 11 is 1.84. The van der Waals surface area contributed by atoms with Crippen LogP contribution in [0, 0.1) is 0 Å². The van der Waals surface area contributed by atoms with Crippen molar-refractivity contribution in [2.24, 2.45) is 0 Å². The first-order chi connectivity index (χ1) is 11.8. The van der Waals surface area contributed by atoms with Crippen LogP contribution in [-0.4, -0.2) is 28.5 Å². The molecule has 1 saturated heterocycles. The van der Waals surface area contributed by atoms with E-state index in [0.29, 0.717) is 5.92 Å². The summed E-state index contributed by atoms with van der Waals surface area (Å²) in [6, 6.07) is -0.164. The van der Waals surface area contributed by atoms with E-state index in [4.69, 9.17) is 9.97 Å². The second kappa shape index (κ2) is 5.69. The van der Waals surface area contributed by atoms with Crippen LogP contribution in [0.3, 0.4) is 0 Å². The topological polar surface area (TPSA) is 66.9 Å². The average Bonchev–Trinajstić information content (AvgIpc) is 3.37. The van der Waals surface area contributed by atoms with E-state index in [1.165, 1.54) is 47.9 Å². The molecule has 6 heteroatoms. The molecule has 1 saturated carbocycles. The Labute approximate surface area is 145 Å². The zero-order chi connectivity index (χ0) is 16.1. The third kappa shape index (κ3) is 2.48. The number of anilines is 1. The molecule has 5 nitrogen and oxygen atoms in total. The monoisotopic (exact) mass is 342 g/mol. The molecule has 2 aliphatic carbocycles. The molecule has 2 aromatic rings. The number of carbonyl (C=O) groups is 1. The van der Waals surface area contributed by atoms with Crippen molar-refractivity contribution in [3.63, 3.8) is 0 Å². The van der Waals surface area contributed by atoms with Gasteiger partial charge in [0.25, 0.3) is 0 Å². The second-order valence-electron chi connectivity index (χ2n) is 7.23. The van der Waals surface area contributed by atoms with Gasteiger partial charge in [-0.25, -0.2) is 9.97 Å². The number of rotatable bonds is 3. The number of nitrogens with one attached hydrogen (secondary N) is 2. The SMILES string of the molecule is O=C1NCCC[C@H]1Nc1nc(C2CC2)nc2sc3c(c12)CCCC3. The van der Waals surface area contributed by atoms with Gasteiger partial charge < -0.3 is 10.6 Å². The highest BCUT2D eigenvalue weighted by atomic mass is 32.1. The van der Waals surface area contributed by atoms with Crippen LogP contribution in [0.4, 0.5) is 5.82 Å². The number of aryl methyl sites for hydroxylation is 2. The number of hydrogen-bond donors (Lipinski definition) is 2. The molecule has 1 atom stereocenters. The van der Waals surface area contributed by atoms with Crippen LogP contribution < -0.4 is 10.6 Å². The van der Waals surface area contributed by atoms with Crippen molar-refractivity contribution in [3.8, 4) is 0 Å². The van der Waals surface area contributed by atoms with Gasteiger partial charge in [-0.3, -0.25) is 4.79 Å². The van der Waals surface area contributed by atoms with Gasteiger partial charge in [0.15, 0.2) is 0 Å². The number of nitrogens with zero attached hydrogens (tertiary/aromatic N) is 2. The molecule has 3 heterocycles. The molecule has 2 aromatic heterocycles. The Bertz CT molecular complexity index is 811. The first kappa shape index (κ1) is 14.6. The van der Waals surface area contributed by atoms with Crippen LogP contribution in [-0.2, 0) is 17.6 Å². The van der Waals surface area contributed by atoms with Crippen molar-refractivity contribution in [2.75, 3.05) is 11.9 Å². The van der Waals surface area contributed by atoms with E-state index in [1.807, 2.05) is 11.3 Å². The van der Waals surface area contributed by atoms with E-state index < -0.39 is 0 Å². The Morgan fingerprint density at radius 2 is 1.96 bits per heavy atom. The highest BCUT2D eigenvalue weighted by Crippen LogP contribution is 2.43. The Morgan fingerprint density at radius 3 is 2.79 bits per heavy atom. The van der Waals surface area contributed by atoms with Crippen molar-refractivity contribution in [1.82, 2.24) is 15.3 Å². The zero-order valence-electron chi connectivity index (χ0n) is 13.7. The van der Waals surface area contributed by atoms with Crippen LogP contribution >= 0.6 is 11.3 Å². The van der Waals surface area contributed by atoms with Gasteiger partial charge in [0.1, 0.15) is 22.5 Å². The maximum absolute atomic E-state index is 12.2. The van der Waals surface area contributed by atoms with Crippen molar-refractivity contribution < 1.29 is 4.79 Å². The molecular formula is C18H22N4OS. The van der Waals surface area contributed by atoms with E-state index in [-0.39, 0.29) is 11.9 Å². The van der Waals surface area contributed by atoms with Gasteiger partial charge in [0.05, 0.1) is 5.39 Å². The smallest absolute Gasteiger partial charge is 0.242 e. The summed E-state index contributed by atoms with van der Waals surface area (Å²) in [6.07, 6.45) is 9.09. The fourth-order valence-electron chi connectivity index (χ4n) is 3.88. The number of amides is 1. The lowest BCUT2D eigenvalue weighted by Crippen LogP contribution is -2.44. The Balaban J connectivity index is 1.61. The third-order valence-electron chi connectivity index (χ3n) is 5.37. The fraction of sp³-hybridized carbons (Fsp3) is 0.611. The van der Waals surface area contributed by atoms with Gasteiger partial charge >= 0.3 is 0 Å². The predicted molar refractivity (Wildman–Crippen MR) is 95.7 cm³/mol. The maximum Gasteiger partial charge on any atom is 0.242 e. The van der Waals surface area contributed by atoms with Crippen LogP contribution in [0.15, 0.2) is 0 Å². The lowest BCUT2D eigenvalue weighted by atomic mass is 9.96. The number of thiophene rings is 1. The van der Waals surface area contributed by atoms with E-state index in [9.17, 15) is 4.79 Å². The summed E-state index contributed by atoms with van der Waals surface area (Å²) in [6.45, 7) is 0.789. The molecule has 0 aromatic carbocycles. The molecule has 3 aliphatic rings. The van der Waals surface area contributed by atoms with Crippen LogP contribution in [0.1, 0.15) is 60.7 Å². The minimum atomic E-state index is -0.164. The van der Waals surface area contributed by atoms with Crippen molar-refractivity contribution in [1.29, 1.82) is 0 Å². The second-order valence-corrected chi connectivity index (χ2v) is 8.31. The number of piperidine rings is 1. The van der Waals surface area contributed by atoms with Crippen molar-refractivity contribution >= 4 is 33.3 Å². The molecular weight excluding hydrogens is 320 g/mol. The van der Waals surface area contributed by atoms with Gasteiger partial charge in [-0.15, -0.1) is 11.3 Å². The summed E-state index contributed by atoms with van der Waals surface area (Å²) in [5.74, 6) is 2.50. The van der Waals surface area contributed by atoms with E-state index in [1.54, 1.807) is 0 Å². The number of hydrogen-bond acceptors (Lipinski definition) is 5. The molecule has 0 radical (unpaired) electrons. The highest BCUT2D eigenvalue weighted by molar-refractivity contribution is 7.19. The van der Waals surface area contributed by atoms with Gasteiger partial charge in [-0.05, 0) is 56.9 Å². The summed E-state index contributed by atoms with van der Waals surface area (Å²) in [5, 5.41) is 7.63. The van der Waals surface area contributed by atoms with E-state index >= 15 is 0 Å². The molecule has 1 aliphatic heterocycles. The van der Waals surface area contributed by atoms with Gasteiger partial charge in [0.2, 0.25) is 5.91 Å². The molecule has 2 N–H and O–H groups in total. The average molecular weight is 342 g/mol. The quantitative estimate of drug-likeness (QED) is 0.899. The standard InChI is InChI=1S/C18H22N4OS/c23-17-12(5-3-9-19-17)20-16-14-11-4-1-2-6-13(11)24-18(14)22-15(21-16)10-7-8-10/h10,12H,1-9H2,(H,19,23)(H,20,21,22)/t12-/m1/s1. The van der Waals surface area contributed by atoms with E-state index in [0.717, 1.165) is 42.3 Å². The third-order valence-corrected chi connectivity index (χ3v) is 6.56. The summed E-state index contributed by atoms with van der Waals surface area (Å²) < 4.78 is 0. The zero-order valence-corrected chi connectivity index (χ0v) is 14.5. The highest BCUT2D eigenvalue weighted by Gasteiger charge is 2.31. The predicted octanol–water partition coefficient (Wildman–Crippen LogP) is 3.14. The summed E-state index contributed by atoms with van der Waals surface area (Å²) in [4.78, 5) is 24.5. The number of aromatic nitrogens is 2. The first-order valence-electron chi connectivity index (χ1n) is 9.16. The minimum Gasteiger partial charge on any atom is -0.358 e. The molecule has 5 rings (SSSR count). The lowest BCUT2D eigenvalue weighted by molar-refractivity contribution is -0.123. The number of carbonyl (C=O) groups excluding carboxylic acids is 1. The maximum atomic E-state index is 12.2. The van der Waals surface area contributed by atoms with Crippen LogP contribution in [0.25, 0.3) is 10.2 Å². The first-order valence-corrected chi connectivity index (χ1v) is 9.97. The molecule has 1 amide bonds. The Hall–Kier alpha value is -1.69. The van der Waals surface area contributed by atoms with Gasteiger partial charge in [-0.2, -0.15) is 0 Å². The normalized spacial score (nSPS) is 23.8. The van der Waals surface area contributed by atoms with Crippen molar-refractivity contribution in [2.45, 2.75) is 63.3 Å². The fourth-order valence-corrected chi connectivity index (χ4v) is 5.15. The summed E-state index contributed by atoms with van der Waals surface area (Å²) in [5.41, 5.74) is 1.43. The number of fused-ring (bicyclic) bond motifs is 3. The Morgan fingerprint density at radius 1 is 1.08 bits per heavy atom. The molecule has 0 unspecified atom stereocenters. The Kier molecular flexibility index (Phi) is 3.47. The molecule has 126 valence electrons. The van der Waals surface area contributed by atoms with Crippen LogP contribution in [0.5, 0.6) is 0 Å². The largest absolute Gasteiger partial charge is 0.358 e. The summed E-state index contributed by atoms with van der Waals surface area (Å²) in [7, 11) is 0. The van der Waals surface area contributed by atoms with Crippen LogP contribution in [0.2, 0.25) is 0 Å².